The van der Waals surface area contributed by atoms with Gasteiger partial charge in [-0.3, -0.25) is 5.32 Å². The van der Waals surface area contributed by atoms with Crippen LogP contribution >= 0.6 is 11.8 Å². The molecule has 2 aromatic heterocycles. The van der Waals surface area contributed by atoms with Gasteiger partial charge in [0.1, 0.15) is 16.5 Å². The van der Waals surface area contributed by atoms with Crippen LogP contribution in [0.15, 0.2) is 60.7 Å². The second-order valence-corrected chi connectivity index (χ2v) is 11.1. The molecule has 2 aliphatic heterocycles. The molecule has 3 aromatic carbocycles. The summed E-state index contributed by atoms with van der Waals surface area (Å²) in [6.07, 6.45) is 6.81. The zero-order valence-electron chi connectivity index (χ0n) is 20.4. The lowest BCUT2D eigenvalue weighted by molar-refractivity contribution is 0.553. The number of hydrogen-bond donors (Lipinski definition) is 4. The third-order valence-corrected chi connectivity index (χ3v) is 9.01. The highest BCUT2D eigenvalue weighted by molar-refractivity contribution is 7.99. The van der Waals surface area contributed by atoms with Gasteiger partial charge in [-0.1, -0.05) is 43.8 Å². The van der Waals surface area contributed by atoms with Crippen LogP contribution < -0.4 is 10.6 Å². The molecule has 0 saturated carbocycles. The van der Waals surface area contributed by atoms with E-state index >= 15 is 0 Å². The number of aromatic amines is 2. The van der Waals surface area contributed by atoms with Gasteiger partial charge in [0.15, 0.2) is 0 Å². The Morgan fingerprint density at radius 3 is 2.03 bits per heavy atom. The van der Waals surface area contributed by atoms with Crippen LogP contribution in [0.2, 0.25) is 0 Å². The highest BCUT2D eigenvalue weighted by atomic mass is 32.2. The van der Waals surface area contributed by atoms with Crippen molar-refractivity contribution in [3.8, 4) is 22.3 Å². The first-order valence-corrected chi connectivity index (χ1v) is 14.1. The molecule has 2 aliphatic rings. The van der Waals surface area contributed by atoms with Crippen LogP contribution in [0.5, 0.6) is 0 Å². The fourth-order valence-electron chi connectivity index (χ4n) is 5.72. The van der Waals surface area contributed by atoms with E-state index in [1.807, 2.05) is 11.8 Å². The van der Waals surface area contributed by atoms with Gasteiger partial charge in [0, 0.05) is 0 Å². The van der Waals surface area contributed by atoms with Gasteiger partial charge in [0.2, 0.25) is 0 Å². The Kier molecular flexibility index (Phi) is 6.31. The first-order valence-electron chi connectivity index (χ1n) is 12.9. The SMILES string of the molecule is C.CS[C@@]1(c2nc3ccc(-c4ccc(-c5ccc6nc([C@@H]7CCCN7)[nH]c6c5)cc4)cc3[nH]2)CCCN1. The van der Waals surface area contributed by atoms with Crippen molar-refractivity contribution in [2.75, 3.05) is 19.3 Å². The molecule has 190 valence electrons. The molecule has 4 heterocycles. The predicted octanol–water partition coefficient (Wildman–Crippen LogP) is 6.73. The fraction of sp³-hybridized carbons (Fsp3) is 0.333. The molecular formula is C30H34N6S. The predicted molar refractivity (Wildman–Crippen MR) is 156 cm³/mol. The molecule has 0 spiro atoms. The zero-order valence-corrected chi connectivity index (χ0v) is 21.2. The summed E-state index contributed by atoms with van der Waals surface area (Å²) in [6.45, 7) is 2.12. The molecule has 5 aromatic rings. The van der Waals surface area contributed by atoms with E-state index in [4.69, 9.17) is 9.97 Å². The van der Waals surface area contributed by atoms with E-state index in [1.165, 1.54) is 35.1 Å². The molecule has 7 heteroatoms. The lowest BCUT2D eigenvalue weighted by Crippen LogP contribution is -2.34. The van der Waals surface area contributed by atoms with Gasteiger partial charge < -0.3 is 15.3 Å². The minimum Gasteiger partial charge on any atom is -0.341 e. The number of hydrogen-bond acceptors (Lipinski definition) is 5. The summed E-state index contributed by atoms with van der Waals surface area (Å²) < 4.78 is 0. The minimum atomic E-state index is -0.0923. The van der Waals surface area contributed by atoms with Crippen molar-refractivity contribution in [2.24, 2.45) is 0 Å². The summed E-state index contributed by atoms with van der Waals surface area (Å²) in [5.74, 6) is 2.09. The third-order valence-electron chi connectivity index (χ3n) is 7.77. The van der Waals surface area contributed by atoms with Crippen molar-refractivity contribution in [2.45, 2.75) is 44.0 Å². The van der Waals surface area contributed by atoms with Crippen LogP contribution in [-0.2, 0) is 4.87 Å². The van der Waals surface area contributed by atoms with E-state index in [-0.39, 0.29) is 12.3 Å². The molecule has 4 N–H and O–H groups in total. The summed E-state index contributed by atoms with van der Waals surface area (Å²) in [5.41, 5.74) is 9.03. The third kappa shape index (κ3) is 4.25. The number of rotatable bonds is 5. The smallest absolute Gasteiger partial charge is 0.138 e. The number of nitrogens with one attached hydrogen (secondary N) is 4. The molecular weight excluding hydrogens is 476 g/mol. The van der Waals surface area contributed by atoms with Crippen molar-refractivity contribution in [1.82, 2.24) is 30.6 Å². The van der Waals surface area contributed by atoms with E-state index < -0.39 is 0 Å². The number of imidazole rings is 2. The molecule has 2 atom stereocenters. The molecule has 6 nitrogen and oxygen atoms in total. The molecule has 0 aliphatic carbocycles. The second kappa shape index (κ2) is 9.63. The van der Waals surface area contributed by atoms with E-state index in [2.05, 4.69) is 87.5 Å². The molecule has 0 unspecified atom stereocenters. The number of thioether (sulfide) groups is 1. The second-order valence-electron chi connectivity index (χ2n) is 9.96. The molecule has 0 amide bonds. The molecule has 2 fully saturated rings. The van der Waals surface area contributed by atoms with Crippen molar-refractivity contribution in [3.05, 3.63) is 72.3 Å². The van der Waals surface area contributed by atoms with Crippen LogP contribution in [0, 0.1) is 0 Å². The molecule has 2 saturated heterocycles. The Bertz CT molecular complexity index is 1540. The normalized spacial score (nSPS) is 21.6. The zero-order chi connectivity index (χ0) is 24.1. The number of aromatic nitrogens is 4. The monoisotopic (exact) mass is 510 g/mol. The van der Waals surface area contributed by atoms with Gasteiger partial charge in [-0.25, -0.2) is 9.97 Å². The van der Waals surface area contributed by atoms with Crippen LogP contribution in [0.25, 0.3) is 44.3 Å². The highest BCUT2D eigenvalue weighted by Crippen LogP contribution is 2.39. The van der Waals surface area contributed by atoms with Gasteiger partial charge in [-0.2, -0.15) is 0 Å². The van der Waals surface area contributed by atoms with Crippen molar-refractivity contribution in [3.63, 3.8) is 0 Å². The number of fused-ring (bicyclic) bond motifs is 2. The minimum absolute atomic E-state index is 0. The van der Waals surface area contributed by atoms with Gasteiger partial charge in [-0.15, -0.1) is 11.8 Å². The van der Waals surface area contributed by atoms with E-state index in [1.54, 1.807) is 0 Å². The van der Waals surface area contributed by atoms with Crippen molar-refractivity contribution < 1.29 is 0 Å². The maximum atomic E-state index is 4.93. The van der Waals surface area contributed by atoms with Crippen LogP contribution in [0.1, 0.15) is 50.8 Å². The van der Waals surface area contributed by atoms with Gasteiger partial charge >= 0.3 is 0 Å². The number of nitrogens with zero attached hydrogens (tertiary/aromatic N) is 2. The Hall–Kier alpha value is -3.13. The Morgan fingerprint density at radius 2 is 1.43 bits per heavy atom. The fourth-order valence-corrected chi connectivity index (χ4v) is 6.60. The summed E-state index contributed by atoms with van der Waals surface area (Å²) in [6, 6.07) is 22.2. The Labute approximate surface area is 222 Å². The summed E-state index contributed by atoms with van der Waals surface area (Å²) in [7, 11) is 0. The Morgan fingerprint density at radius 1 is 0.784 bits per heavy atom. The standard InChI is InChI=1S/C29H30N6S.CH4/c1-36-29(13-3-15-31-29)28-34-23-12-10-21(17-26(23)35-28)19-7-5-18(6-8-19)20-9-11-22-25(16-20)33-27(32-22)24-4-2-14-30-24;/h5-12,16-17,24,30-31H,2-4,13-15H2,1H3,(H,32,33)(H,34,35);1H4/t24-,29+;/m0./s1. The number of H-pyrrole nitrogens is 2. The largest absolute Gasteiger partial charge is 0.341 e. The average Bonchev–Trinajstić information content (AvgIpc) is 3.73. The molecule has 0 radical (unpaired) electrons. The first-order chi connectivity index (χ1) is 17.7. The van der Waals surface area contributed by atoms with Gasteiger partial charge in [-0.05, 0) is 91.5 Å². The van der Waals surface area contributed by atoms with Gasteiger partial charge in [0.25, 0.3) is 0 Å². The van der Waals surface area contributed by atoms with Crippen LogP contribution in [-0.4, -0.2) is 39.3 Å². The molecule has 7 rings (SSSR count). The summed E-state index contributed by atoms with van der Waals surface area (Å²) in [4.78, 5) is 16.8. The average molecular weight is 511 g/mol. The maximum Gasteiger partial charge on any atom is 0.138 e. The summed E-state index contributed by atoms with van der Waals surface area (Å²) >= 11 is 1.84. The lowest BCUT2D eigenvalue weighted by atomic mass is 10.00. The molecule has 0 bridgehead atoms. The van der Waals surface area contributed by atoms with E-state index in [0.717, 1.165) is 59.6 Å². The van der Waals surface area contributed by atoms with Crippen molar-refractivity contribution >= 4 is 33.8 Å². The summed E-state index contributed by atoms with van der Waals surface area (Å²) in [5, 5.41) is 7.18. The van der Waals surface area contributed by atoms with Crippen molar-refractivity contribution in [1.29, 1.82) is 0 Å². The lowest BCUT2D eigenvalue weighted by Gasteiger charge is -2.24. The quantitative estimate of drug-likeness (QED) is 0.211. The number of benzene rings is 3. The van der Waals surface area contributed by atoms with Crippen LogP contribution in [0.3, 0.4) is 0 Å². The topological polar surface area (TPSA) is 81.4 Å². The Balaban J connectivity index is 0.00000252. The van der Waals surface area contributed by atoms with Gasteiger partial charge in [0.05, 0.1) is 28.1 Å². The van der Waals surface area contributed by atoms with Crippen LogP contribution in [0.4, 0.5) is 0 Å². The molecule has 37 heavy (non-hydrogen) atoms. The highest BCUT2D eigenvalue weighted by Gasteiger charge is 2.37. The first kappa shape index (κ1) is 24.2. The maximum absolute atomic E-state index is 4.93. The van der Waals surface area contributed by atoms with E-state index in [0.29, 0.717) is 6.04 Å². The van der Waals surface area contributed by atoms with E-state index in [9.17, 15) is 0 Å².